The summed E-state index contributed by atoms with van der Waals surface area (Å²) in [4.78, 5) is 2.37. The molecule has 108 valence electrons. The van der Waals surface area contributed by atoms with Gasteiger partial charge in [-0.15, -0.1) is 0 Å². The minimum Gasteiger partial charge on any atom is -0.492 e. The molecular formula is C16H22N2O2. The molecule has 1 aromatic rings. The lowest BCUT2D eigenvalue weighted by Crippen LogP contribution is -2.26. The standard InChI is InChI=1S/C16H22N2O2/c1-13(19)15-7-9-18(12-15)8-4-10-20-16-6-3-2-5-14(16)11-17/h2-3,5-6,13,15,19H,4,7-10,12H2,1H3. The maximum atomic E-state index is 9.57. The fourth-order valence-electron chi connectivity index (χ4n) is 2.61. The van der Waals surface area contributed by atoms with Gasteiger partial charge >= 0.3 is 0 Å². The second-order valence-corrected chi connectivity index (χ2v) is 5.40. The number of para-hydroxylation sites is 1. The van der Waals surface area contributed by atoms with Gasteiger partial charge in [0.1, 0.15) is 11.8 Å². The van der Waals surface area contributed by atoms with Gasteiger partial charge in [0.05, 0.1) is 18.3 Å². The molecule has 1 fully saturated rings. The van der Waals surface area contributed by atoms with E-state index in [1.807, 2.05) is 25.1 Å². The Morgan fingerprint density at radius 3 is 3.00 bits per heavy atom. The average molecular weight is 274 g/mol. The van der Waals surface area contributed by atoms with Crippen LogP contribution in [0.15, 0.2) is 24.3 Å². The van der Waals surface area contributed by atoms with E-state index in [1.54, 1.807) is 6.07 Å². The van der Waals surface area contributed by atoms with E-state index in [2.05, 4.69) is 11.0 Å². The predicted octanol–water partition coefficient (Wildman–Crippen LogP) is 2.03. The van der Waals surface area contributed by atoms with Gasteiger partial charge in [0, 0.05) is 13.1 Å². The van der Waals surface area contributed by atoms with Crippen molar-refractivity contribution in [3.05, 3.63) is 29.8 Å². The van der Waals surface area contributed by atoms with E-state index in [1.165, 1.54) is 0 Å². The molecule has 1 aromatic carbocycles. The SMILES string of the molecule is CC(O)C1CCN(CCCOc2ccccc2C#N)C1. The molecule has 20 heavy (non-hydrogen) atoms. The number of rotatable bonds is 6. The van der Waals surface area contributed by atoms with E-state index in [0.29, 0.717) is 23.8 Å². The summed E-state index contributed by atoms with van der Waals surface area (Å²) < 4.78 is 5.66. The Bertz CT molecular complexity index is 468. The summed E-state index contributed by atoms with van der Waals surface area (Å²) >= 11 is 0. The van der Waals surface area contributed by atoms with Crippen LogP contribution in [0.1, 0.15) is 25.3 Å². The minimum atomic E-state index is -0.209. The van der Waals surface area contributed by atoms with E-state index in [9.17, 15) is 5.11 Å². The maximum absolute atomic E-state index is 9.57. The predicted molar refractivity (Wildman–Crippen MR) is 77.5 cm³/mol. The molecule has 4 nitrogen and oxygen atoms in total. The Hall–Kier alpha value is -1.57. The molecule has 0 amide bonds. The first-order chi connectivity index (χ1) is 9.70. The minimum absolute atomic E-state index is 0.209. The van der Waals surface area contributed by atoms with Crippen LogP contribution in [-0.4, -0.2) is 42.4 Å². The van der Waals surface area contributed by atoms with Crippen molar-refractivity contribution >= 4 is 0 Å². The van der Waals surface area contributed by atoms with Crippen molar-refractivity contribution in [2.24, 2.45) is 5.92 Å². The van der Waals surface area contributed by atoms with Crippen molar-refractivity contribution in [1.29, 1.82) is 5.26 Å². The van der Waals surface area contributed by atoms with Crippen molar-refractivity contribution in [1.82, 2.24) is 4.90 Å². The molecule has 2 unspecified atom stereocenters. The summed E-state index contributed by atoms with van der Waals surface area (Å²) in [6.45, 7) is 5.51. The smallest absolute Gasteiger partial charge is 0.137 e. The van der Waals surface area contributed by atoms with E-state index < -0.39 is 0 Å². The molecule has 0 bridgehead atoms. The number of benzene rings is 1. The molecule has 1 heterocycles. The molecule has 1 aliphatic heterocycles. The molecule has 1 saturated heterocycles. The van der Waals surface area contributed by atoms with Crippen LogP contribution in [0.4, 0.5) is 0 Å². The first-order valence-electron chi connectivity index (χ1n) is 7.23. The van der Waals surface area contributed by atoms with Gasteiger partial charge in [0.25, 0.3) is 0 Å². The lowest BCUT2D eigenvalue weighted by Gasteiger charge is -2.17. The molecule has 0 aromatic heterocycles. The van der Waals surface area contributed by atoms with Crippen LogP contribution in [0.3, 0.4) is 0 Å². The second-order valence-electron chi connectivity index (χ2n) is 5.40. The summed E-state index contributed by atoms with van der Waals surface area (Å²) in [7, 11) is 0. The highest BCUT2D eigenvalue weighted by atomic mass is 16.5. The van der Waals surface area contributed by atoms with Crippen LogP contribution in [0.25, 0.3) is 0 Å². The summed E-state index contributed by atoms with van der Waals surface area (Å²) in [5.74, 6) is 1.08. The third kappa shape index (κ3) is 3.96. The van der Waals surface area contributed by atoms with E-state index >= 15 is 0 Å². The molecule has 0 spiro atoms. The van der Waals surface area contributed by atoms with Gasteiger partial charge in [0.2, 0.25) is 0 Å². The number of aliphatic hydroxyl groups is 1. The van der Waals surface area contributed by atoms with Crippen LogP contribution < -0.4 is 4.74 Å². The van der Waals surface area contributed by atoms with Crippen LogP contribution in [0, 0.1) is 17.2 Å². The van der Waals surface area contributed by atoms with E-state index in [-0.39, 0.29) is 6.10 Å². The zero-order chi connectivity index (χ0) is 14.4. The summed E-state index contributed by atoms with van der Waals surface area (Å²) in [6, 6.07) is 9.45. The number of hydrogen-bond acceptors (Lipinski definition) is 4. The van der Waals surface area contributed by atoms with Crippen LogP contribution >= 0.6 is 0 Å². The summed E-state index contributed by atoms with van der Waals surface area (Å²) in [6.07, 6.45) is 1.81. The molecule has 4 heteroatoms. The monoisotopic (exact) mass is 274 g/mol. The van der Waals surface area contributed by atoms with E-state index in [0.717, 1.165) is 32.5 Å². The maximum Gasteiger partial charge on any atom is 0.137 e. The molecular weight excluding hydrogens is 252 g/mol. The molecule has 0 aliphatic carbocycles. The lowest BCUT2D eigenvalue weighted by molar-refractivity contribution is 0.127. The highest BCUT2D eigenvalue weighted by molar-refractivity contribution is 5.42. The van der Waals surface area contributed by atoms with E-state index in [4.69, 9.17) is 10.00 Å². The molecule has 0 saturated carbocycles. The number of nitriles is 1. The van der Waals surface area contributed by atoms with Crippen molar-refractivity contribution in [2.75, 3.05) is 26.2 Å². The zero-order valence-corrected chi connectivity index (χ0v) is 12.0. The van der Waals surface area contributed by atoms with Crippen molar-refractivity contribution in [3.8, 4) is 11.8 Å². The van der Waals surface area contributed by atoms with Crippen LogP contribution in [0.2, 0.25) is 0 Å². The van der Waals surface area contributed by atoms with Gasteiger partial charge in [-0.3, -0.25) is 0 Å². The van der Waals surface area contributed by atoms with Gasteiger partial charge < -0.3 is 14.7 Å². The fourth-order valence-corrected chi connectivity index (χ4v) is 2.61. The van der Waals surface area contributed by atoms with Gasteiger partial charge in [0.15, 0.2) is 0 Å². The number of ether oxygens (including phenoxy) is 1. The average Bonchev–Trinajstić information content (AvgIpc) is 2.93. The van der Waals surface area contributed by atoms with Gasteiger partial charge in [-0.05, 0) is 44.4 Å². The summed E-state index contributed by atoms with van der Waals surface area (Å²) in [5, 5.41) is 18.5. The van der Waals surface area contributed by atoms with Gasteiger partial charge in [-0.25, -0.2) is 0 Å². The zero-order valence-electron chi connectivity index (χ0n) is 12.0. The Kier molecular flexibility index (Phi) is 5.40. The Balaban J connectivity index is 1.69. The number of aliphatic hydroxyl groups excluding tert-OH is 1. The molecule has 1 N–H and O–H groups in total. The molecule has 0 radical (unpaired) electrons. The van der Waals surface area contributed by atoms with Crippen LogP contribution in [0.5, 0.6) is 5.75 Å². The Morgan fingerprint density at radius 2 is 2.30 bits per heavy atom. The largest absolute Gasteiger partial charge is 0.492 e. The van der Waals surface area contributed by atoms with Gasteiger partial charge in [-0.1, -0.05) is 12.1 Å². The number of nitrogens with zero attached hydrogens (tertiary/aromatic N) is 2. The van der Waals surface area contributed by atoms with Crippen LogP contribution in [-0.2, 0) is 0 Å². The second kappa shape index (κ2) is 7.28. The molecule has 2 atom stereocenters. The third-order valence-electron chi connectivity index (χ3n) is 3.87. The fraction of sp³-hybridized carbons (Fsp3) is 0.562. The van der Waals surface area contributed by atoms with Crippen molar-refractivity contribution < 1.29 is 9.84 Å². The van der Waals surface area contributed by atoms with Crippen molar-refractivity contribution in [3.63, 3.8) is 0 Å². The highest BCUT2D eigenvalue weighted by Gasteiger charge is 2.25. The Labute approximate surface area is 120 Å². The molecule has 2 rings (SSSR count). The lowest BCUT2D eigenvalue weighted by atomic mass is 10.0. The number of likely N-dealkylation sites (tertiary alicyclic amines) is 1. The van der Waals surface area contributed by atoms with Crippen molar-refractivity contribution in [2.45, 2.75) is 25.9 Å². The topological polar surface area (TPSA) is 56.5 Å². The third-order valence-corrected chi connectivity index (χ3v) is 3.87. The molecule has 1 aliphatic rings. The normalized spacial score (nSPS) is 20.6. The Morgan fingerprint density at radius 1 is 1.50 bits per heavy atom. The highest BCUT2D eigenvalue weighted by Crippen LogP contribution is 2.20. The quantitative estimate of drug-likeness (QED) is 0.806. The summed E-state index contributed by atoms with van der Waals surface area (Å²) in [5.41, 5.74) is 0.586. The first-order valence-corrected chi connectivity index (χ1v) is 7.23. The first kappa shape index (κ1) is 14.8. The van der Waals surface area contributed by atoms with Gasteiger partial charge in [-0.2, -0.15) is 5.26 Å². The number of hydrogen-bond donors (Lipinski definition) is 1.